The molecule has 0 bridgehead atoms. The first-order valence-corrected chi connectivity index (χ1v) is 10.4. The van der Waals surface area contributed by atoms with Crippen LogP contribution < -0.4 is 5.56 Å². The van der Waals surface area contributed by atoms with Gasteiger partial charge in [0.05, 0.1) is 10.9 Å². The fourth-order valence-corrected chi connectivity index (χ4v) is 4.60. The standard InChI is InChI=1S/C24H17N3O2S/c28-21(18-14-25-19-12-6-4-10-16(18)19)22(15-8-2-1-3-9-15)30-24-26-20-13-7-5-11-17(20)23(29)27-24/h1-14,22,25H,(H,26,27,29)/t22-/m1/s1. The smallest absolute Gasteiger partial charge is 0.259 e. The number of nitrogens with one attached hydrogen (secondary N) is 2. The van der Waals surface area contributed by atoms with Crippen LogP contribution in [0.3, 0.4) is 0 Å². The number of hydrogen-bond acceptors (Lipinski definition) is 4. The van der Waals surface area contributed by atoms with E-state index < -0.39 is 5.25 Å². The molecule has 2 aromatic heterocycles. The lowest BCUT2D eigenvalue weighted by Gasteiger charge is -2.15. The number of rotatable bonds is 5. The van der Waals surface area contributed by atoms with Crippen LogP contribution in [0.2, 0.25) is 0 Å². The van der Waals surface area contributed by atoms with Crippen LogP contribution in [-0.4, -0.2) is 20.7 Å². The lowest BCUT2D eigenvalue weighted by Crippen LogP contribution is -2.13. The maximum absolute atomic E-state index is 13.6. The summed E-state index contributed by atoms with van der Waals surface area (Å²) in [6.45, 7) is 0. The highest BCUT2D eigenvalue weighted by molar-refractivity contribution is 8.00. The Morgan fingerprint density at radius 3 is 2.40 bits per heavy atom. The molecule has 0 amide bonds. The molecule has 2 heterocycles. The molecule has 0 fully saturated rings. The van der Waals surface area contributed by atoms with E-state index in [1.165, 1.54) is 11.8 Å². The summed E-state index contributed by atoms with van der Waals surface area (Å²) in [5.74, 6) is -0.0422. The molecule has 3 aromatic carbocycles. The number of nitrogens with zero attached hydrogens (tertiary/aromatic N) is 1. The maximum atomic E-state index is 13.6. The molecule has 0 unspecified atom stereocenters. The Kier molecular flexibility index (Phi) is 4.69. The summed E-state index contributed by atoms with van der Waals surface area (Å²) in [4.78, 5) is 36.7. The van der Waals surface area contributed by atoms with Crippen LogP contribution >= 0.6 is 11.8 Å². The van der Waals surface area contributed by atoms with Gasteiger partial charge in [-0.1, -0.05) is 72.4 Å². The summed E-state index contributed by atoms with van der Waals surface area (Å²) in [5, 5.41) is 1.28. The van der Waals surface area contributed by atoms with Gasteiger partial charge in [-0.05, 0) is 23.8 Å². The van der Waals surface area contributed by atoms with Gasteiger partial charge in [-0.3, -0.25) is 9.59 Å². The van der Waals surface area contributed by atoms with Gasteiger partial charge in [-0.2, -0.15) is 0 Å². The predicted molar refractivity (Wildman–Crippen MR) is 120 cm³/mol. The van der Waals surface area contributed by atoms with Crippen molar-refractivity contribution in [2.45, 2.75) is 10.4 Å². The molecule has 0 aliphatic carbocycles. The quantitative estimate of drug-likeness (QED) is 0.239. The normalized spacial score (nSPS) is 12.3. The number of fused-ring (bicyclic) bond motifs is 2. The van der Waals surface area contributed by atoms with Gasteiger partial charge in [0.1, 0.15) is 5.25 Å². The Hall–Kier alpha value is -3.64. The molecule has 0 aliphatic heterocycles. The highest BCUT2D eigenvalue weighted by Crippen LogP contribution is 2.37. The number of H-pyrrole nitrogens is 2. The number of aromatic nitrogens is 3. The minimum absolute atomic E-state index is 0.0422. The fraction of sp³-hybridized carbons (Fsp3) is 0.0417. The predicted octanol–water partition coefficient (Wildman–Crippen LogP) is 5.12. The average Bonchev–Trinajstić information content (AvgIpc) is 3.22. The van der Waals surface area contributed by atoms with E-state index in [4.69, 9.17) is 0 Å². The minimum Gasteiger partial charge on any atom is -0.360 e. The molecular formula is C24H17N3O2S. The van der Waals surface area contributed by atoms with Gasteiger partial charge in [0.2, 0.25) is 0 Å². The molecule has 1 atom stereocenters. The summed E-state index contributed by atoms with van der Waals surface area (Å²) < 4.78 is 0. The van der Waals surface area contributed by atoms with E-state index in [0.29, 0.717) is 21.6 Å². The van der Waals surface area contributed by atoms with E-state index in [9.17, 15) is 9.59 Å². The Balaban J connectivity index is 1.60. The van der Waals surface area contributed by atoms with Gasteiger partial charge in [0.25, 0.3) is 5.56 Å². The van der Waals surface area contributed by atoms with Crippen molar-refractivity contribution in [3.8, 4) is 0 Å². The van der Waals surface area contributed by atoms with E-state index in [2.05, 4.69) is 15.0 Å². The van der Waals surface area contributed by atoms with E-state index in [1.807, 2.05) is 60.7 Å². The van der Waals surface area contributed by atoms with Crippen LogP contribution in [0.1, 0.15) is 21.2 Å². The van der Waals surface area contributed by atoms with Crippen molar-refractivity contribution in [1.82, 2.24) is 15.0 Å². The number of aromatic amines is 2. The molecule has 5 nitrogen and oxygen atoms in total. The van der Waals surface area contributed by atoms with Crippen molar-refractivity contribution in [2.75, 3.05) is 0 Å². The van der Waals surface area contributed by atoms with Gasteiger partial charge in [0, 0.05) is 22.7 Å². The minimum atomic E-state index is -0.547. The lowest BCUT2D eigenvalue weighted by molar-refractivity contribution is 0.0991. The van der Waals surface area contributed by atoms with Crippen molar-refractivity contribution in [3.05, 3.63) is 107 Å². The van der Waals surface area contributed by atoms with E-state index in [0.717, 1.165) is 16.5 Å². The summed E-state index contributed by atoms with van der Waals surface area (Å²) in [5.41, 5.74) is 2.78. The number of carbonyl (C=O) groups is 1. The van der Waals surface area contributed by atoms with Crippen LogP contribution in [0.5, 0.6) is 0 Å². The number of para-hydroxylation sites is 2. The summed E-state index contributed by atoms with van der Waals surface area (Å²) in [6.07, 6.45) is 1.75. The molecular weight excluding hydrogens is 394 g/mol. The second-order valence-corrected chi connectivity index (χ2v) is 8.00. The van der Waals surface area contributed by atoms with Crippen LogP contribution in [0.4, 0.5) is 0 Å². The number of Topliss-reactive ketones (excluding diaryl/α,β-unsaturated/α-hetero) is 1. The number of hydrogen-bond donors (Lipinski definition) is 2. The highest BCUT2D eigenvalue weighted by Gasteiger charge is 2.26. The number of ketones is 1. The number of benzene rings is 3. The van der Waals surface area contributed by atoms with Gasteiger partial charge < -0.3 is 9.97 Å². The molecule has 30 heavy (non-hydrogen) atoms. The SMILES string of the molecule is O=C(c1c[nH]c2ccccc12)[C@H](Sc1nc2ccccc2c(=O)[nH]1)c1ccccc1. The van der Waals surface area contributed by atoms with Crippen molar-refractivity contribution in [1.29, 1.82) is 0 Å². The molecule has 0 radical (unpaired) electrons. The van der Waals surface area contributed by atoms with Crippen LogP contribution in [0.15, 0.2) is 95.0 Å². The molecule has 0 aliphatic rings. The largest absolute Gasteiger partial charge is 0.360 e. The maximum Gasteiger partial charge on any atom is 0.259 e. The average molecular weight is 411 g/mol. The zero-order valence-electron chi connectivity index (χ0n) is 15.8. The van der Waals surface area contributed by atoms with Crippen molar-refractivity contribution >= 4 is 39.4 Å². The molecule has 6 heteroatoms. The van der Waals surface area contributed by atoms with Gasteiger partial charge in [0.15, 0.2) is 10.9 Å². The molecule has 5 aromatic rings. The van der Waals surface area contributed by atoms with Crippen LogP contribution in [0.25, 0.3) is 21.8 Å². The summed E-state index contributed by atoms with van der Waals surface area (Å²) >= 11 is 1.26. The molecule has 0 saturated carbocycles. The molecule has 146 valence electrons. The fourth-order valence-electron chi connectivity index (χ4n) is 3.55. The van der Waals surface area contributed by atoms with E-state index in [1.54, 1.807) is 24.4 Å². The molecule has 0 saturated heterocycles. The second-order valence-electron chi connectivity index (χ2n) is 6.91. The third kappa shape index (κ3) is 3.31. The third-order valence-corrected chi connectivity index (χ3v) is 6.15. The number of carbonyl (C=O) groups excluding carboxylic acids is 1. The molecule has 5 rings (SSSR count). The van der Waals surface area contributed by atoms with Crippen molar-refractivity contribution in [3.63, 3.8) is 0 Å². The first kappa shape index (κ1) is 18.4. The van der Waals surface area contributed by atoms with Gasteiger partial charge in [-0.15, -0.1) is 0 Å². The Morgan fingerprint density at radius 1 is 0.867 bits per heavy atom. The third-order valence-electron chi connectivity index (χ3n) is 5.02. The van der Waals surface area contributed by atoms with Crippen molar-refractivity contribution < 1.29 is 4.79 Å². The Morgan fingerprint density at radius 2 is 1.57 bits per heavy atom. The van der Waals surface area contributed by atoms with Crippen molar-refractivity contribution in [2.24, 2.45) is 0 Å². The first-order chi connectivity index (χ1) is 14.7. The second kappa shape index (κ2) is 7.65. The van der Waals surface area contributed by atoms with Gasteiger partial charge in [-0.25, -0.2) is 4.98 Å². The van der Waals surface area contributed by atoms with E-state index >= 15 is 0 Å². The first-order valence-electron chi connectivity index (χ1n) is 9.52. The monoisotopic (exact) mass is 411 g/mol. The highest BCUT2D eigenvalue weighted by atomic mass is 32.2. The topological polar surface area (TPSA) is 78.6 Å². The Bertz CT molecular complexity index is 1420. The summed E-state index contributed by atoms with van der Waals surface area (Å²) in [6, 6.07) is 24.5. The zero-order chi connectivity index (χ0) is 20.5. The van der Waals surface area contributed by atoms with Gasteiger partial charge >= 0.3 is 0 Å². The Labute approximate surface area is 176 Å². The lowest BCUT2D eigenvalue weighted by atomic mass is 10.0. The summed E-state index contributed by atoms with van der Waals surface area (Å²) in [7, 11) is 0. The zero-order valence-corrected chi connectivity index (χ0v) is 16.6. The molecule has 2 N–H and O–H groups in total. The molecule has 0 spiro atoms. The van der Waals surface area contributed by atoms with Crippen LogP contribution in [0, 0.1) is 0 Å². The number of thioether (sulfide) groups is 1. The van der Waals surface area contributed by atoms with E-state index in [-0.39, 0.29) is 11.3 Å². The van der Waals surface area contributed by atoms with Crippen LogP contribution in [-0.2, 0) is 0 Å².